The molecular formula is C13H13Cl2N5O2. The number of nitrogens with one attached hydrogen (secondary N) is 3. The molecule has 116 valence electrons. The first-order valence-corrected chi connectivity index (χ1v) is 7.12. The van der Waals surface area contributed by atoms with E-state index in [1.165, 1.54) is 0 Å². The van der Waals surface area contributed by atoms with Crippen molar-refractivity contribution in [3.63, 3.8) is 0 Å². The number of nitrogens with zero attached hydrogens (tertiary/aromatic N) is 2. The third-order valence-corrected chi connectivity index (χ3v) is 3.19. The van der Waals surface area contributed by atoms with Gasteiger partial charge in [0, 0.05) is 11.7 Å². The summed E-state index contributed by atoms with van der Waals surface area (Å²) in [6, 6.07) is 4.81. The number of hydrogen-bond acceptors (Lipinski definition) is 6. The summed E-state index contributed by atoms with van der Waals surface area (Å²) in [5, 5.41) is 6.46. The summed E-state index contributed by atoms with van der Waals surface area (Å²) in [6.45, 7) is 3.71. The van der Waals surface area contributed by atoms with Gasteiger partial charge in [0.25, 0.3) is 0 Å². The third kappa shape index (κ3) is 4.19. The zero-order valence-corrected chi connectivity index (χ0v) is 13.3. The second-order valence-electron chi connectivity index (χ2n) is 4.71. The van der Waals surface area contributed by atoms with Crippen LogP contribution in [0.15, 0.2) is 27.8 Å². The second kappa shape index (κ2) is 6.76. The molecule has 0 aliphatic carbocycles. The summed E-state index contributed by atoms with van der Waals surface area (Å²) in [4.78, 5) is 33.1. The minimum Gasteiger partial charge on any atom is -0.352 e. The lowest BCUT2D eigenvalue weighted by atomic mass is 10.3. The Kier molecular flexibility index (Phi) is 4.99. The van der Waals surface area contributed by atoms with Crippen molar-refractivity contribution in [3.8, 4) is 0 Å². The Morgan fingerprint density at radius 1 is 1.14 bits per heavy atom. The van der Waals surface area contributed by atoms with Crippen LogP contribution >= 0.6 is 23.2 Å². The van der Waals surface area contributed by atoms with Gasteiger partial charge in [-0.3, -0.25) is 14.6 Å². The molecule has 0 amide bonds. The first-order valence-electron chi connectivity index (χ1n) is 6.36. The molecule has 2 aromatic rings. The predicted molar refractivity (Wildman–Crippen MR) is 87.4 cm³/mol. The zero-order chi connectivity index (χ0) is 16.3. The maximum Gasteiger partial charge on any atom is 0.338 e. The Bertz CT molecular complexity index is 807. The van der Waals surface area contributed by atoms with Crippen molar-refractivity contribution in [2.75, 3.05) is 10.6 Å². The maximum atomic E-state index is 11.6. The number of H-pyrrole nitrogens is 1. The highest BCUT2D eigenvalue weighted by Gasteiger charge is 2.06. The largest absolute Gasteiger partial charge is 0.352 e. The van der Waals surface area contributed by atoms with E-state index >= 15 is 0 Å². The molecule has 1 aromatic carbocycles. The molecule has 9 heteroatoms. The fourth-order valence-corrected chi connectivity index (χ4v) is 1.86. The first-order chi connectivity index (χ1) is 10.3. The lowest BCUT2D eigenvalue weighted by molar-refractivity contribution is 0.875. The molecule has 0 saturated carbocycles. The fraction of sp³-hybridized carbons (Fsp3) is 0.231. The van der Waals surface area contributed by atoms with Crippen molar-refractivity contribution in [2.24, 2.45) is 0 Å². The van der Waals surface area contributed by atoms with Crippen molar-refractivity contribution in [2.45, 2.75) is 19.9 Å². The molecule has 0 aliphatic heterocycles. The lowest BCUT2D eigenvalue weighted by Gasteiger charge is -2.07. The quantitative estimate of drug-likeness (QED) is 0.738. The van der Waals surface area contributed by atoms with Gasteiger partial charge in [-0.15, -0.1) is 0 Å². The van der Waals surface area contributed by atoms with E-state index in [1.807, 2.05) is 13.8 Å². The van der Waals surface area contributed by atoms with Crippen LogP contribution in [0.1, 0.15) is 13.8 Å². The van der Waals surface area contributed by atoms with E-state index in [2.05, 4.69) is 25.6 Å². The molecule has 0 saturated heterocycles. The molecule has 0 spiro atoms. The van der Waals surface area contributed by atoms with Gasteiger partial charge in [0.05, 0.1) is 10.0 Å². The van der Waals surface area contributed by atoms with Gasteiger partial charge in [-0.1, -0.05) is 23.2 Å². The van der Waals surface area contributed by atoms with Gasteiger partial charge in [-0.25, -0.2) is 0 Å². The maximum absolute atomic E-state index is 11.6. The van der Waals surface area contributed by atoms with Crippen molar-refractivity contribution < 1.29 is 0 Å². The minimum absolute atomic E-state index is 0.00488. The zero-order valence-electron chi connectivity index (χ0n) is 11.8. The van der Waals surface area contributed by atoms with E-state index < -0.39 is 11.1 Å². The Labute approximate surface area is 135 Å². The summed E-state index contributed by atoms with van der Waals surface area (Å²) in [5.41, 5.74) is -1.27. The van der Waals surface area contributed by atoms with Gasteiger partial charge in [0.1, 0.15) is 0 Å². The van der Waals surface area contributed by atoms with Crippen LogP contribution in [0.3, 0.4) is 0 Å². The van der Waals surface area contributed by atoms with Crippen LogP contribution in [0.25, 0.3) is 0 Å². The van der Waals surface area contributed by atoms with Gasteiger partial charge in [-0.2, -0.15) is 9.97 Å². The molecule has 2 rings (SSSR count). The summed E-state index contributed by atoms with van der Waals surface area (Å²) < 4.78 is 0. The number of rotatable bonds is 4. The molecule has 0 radical (unpaired) electrons. The van der Waals surface area contributed by atoms with E-state index in [0.717, 1.165) is 0 Å². The highest BCUT2D eigenvalue weighted by molar-refractivity contribution is 6.42. The molecule has 3 N–H and O–H groups in total. The standard InChI is InChI=1S/C13H13Cl2N5O2/c1-6(2)16-12-18-10(21)11(22)19-13(20-12)17-7-3-4-8(14)9(15)5-7/h3-6H,1-2H3,(H3,16,17,18,19,20,21,22). The average Bonchev–Trinajstić information content (AvgIpc) is 2.53. The van der Waals surface area contributed by atoms with E-state index in [-0.39, 0.29) is 17.9 Å². The van der Waals surface area contributed by atoms with Gasteiger partial charge in [0.15, 0.2) is 0 Å². The number of halogens is 2. The molecule has 0 aliphatic rings. The molecule has 1 heterocycles. The Hall–Kier alpha value is -2.12. The number of benzene rings is 1. The molecule has 7 nitrogen and oxygen atoms in total. The third-order valence-electron chi connectivity index (χ3n) is 2.45. The van der Waals surface area contributed by atoms with Crippen LogP contribution in [0.2, 0.25) is 10.0 Å². The van der Waals surface area contributed by atoms with Crippen molar-refractivity contribution in [1.29, 1.82) is 0 Å². The Morgan fingerprint density at radius 3 is 2.50 bits per heavy atom. The Balaban J connectivity index is 2.43. The average molecular weight is 342 g/mol. The molecule has 0 atom stereocenters. The topological polar surface area (TPSA) is 99.8 Å². The minimum atomic E-state index is -0.933. The van der Waals surface area contributed by atoms with Crippen LogP contribution in [0.4, 0.5) is 17.6 Å². The monoisotopic (exact) mass is 341 g/mol. The summed E-state index contributed by atoms with van der Waals surface area (Å²) >= 11 is 11.8. The van der Waals surface area contributed by atoms with Crippen LogP contribution in [-0.4, -0.2) is 21.0 Å². The van der Waals surface area contributed by atoms with Crippen molar-refractivity contribution in [1.82, 2.24) is 15.0 Å². The number of aromatic amines is 1. The van der Waals surface area contributed by atoms with Gasteiger partial charge in [0.2, 0.25) is 11.9 Å². The van der Waals surface area contributed by atoms with E-state index in [9.17, 15) is 9.59 Å². The second-order valence-corrected chi connectivity index (χ2v) is 5.52. The number of anilines is 3. The van der Waals surface area contributed by atoms with Gasteiger partial charge in [-0.05, 0) is 32.0 Å². The van der Waals surface area contributed by atoms with E-state index in [4.69, 9.17) is 23.2 Å². The molecule has 1 aromatic heterocycles. The van der Waals surface area contributed by atoms with Crippen LogP contribution in [0, 0.1) is 0 Å². The number of aromatic nitrogens is 3. The molecule has 0 bridgehead atoms. The normalized spacial score (nSPS) is 10.6. The summed E-state index contributed by atoms with van der Waals surface area (Å²) in [6.07, 6.45) is 0. The smallest absolute Gasteiger partial charge is 0.338 e. The summed E-state index contributed by atoms with van der Waals surface area (Å²) in [7, 11) is 0. The summed E-state index contributed by atoms with van der Waals surface area (Å²) in [5.74, 6) is 0.0991. The van der Waals surface area contributed by atoms with E-state index in [1.54, 1.807) is 18.2 Å². The van der Waals surface area contributed by atoms with E-state index in [0.29, 0.717) is 15.7 Å². The highest BCUT2D eigenvalue weighted by atomic mass is 35.5. The fourth-order valence-electron chi connectivity index (χ4n) is 1.56. The van der Waals surface area contributed by atoms with Crippen LogP contribution < -0.4 is 21.8 Å². The van der Waals surface area contributed by atoms with Gasteiger partial charge < -0.3 is 10.6 Å². The molecule has 22 heavy (non-hydrogen) atoms. The highest BCUT2D eigenvalue weighted by Crippen LogP contribution is 2.26. The van der Waals surface area contributed by atoms with Crippen molar-refractivity contribution >= 4 is 40.8 Å². The molecule has 0 fully saturated rings. The SMILES string of the molecule is CC(C)Nc1nc(Nc2ccc(Cl)c(Cl)c2)[nH]c(=O)c(=O)n1. The number of hydrogen-bond donors (Lipinski definition) is 3. The van der Waals surface area contributed by atoms with Gasteiger partial charge >= 0.3 is 11.1 Å². The molecular weight excluding hydrogens is 329 g/mol. The first kappa shape index (κ1) is 16.3. The predicted octanol–water partition coefficient (Wildman–Crippen LogP) is 2.40. The lowest BCUT2D eigenvalue weighted by Crippen LogP contribution is -2.26. The van der Waals surface area contributed by atoms with Crippen molar-refractivity contribution in [3.05, 3.63) is 49.0 Å². The molecule has 0 unspecified atom stereocenters. The Morgan fingerprint density at radius 2 is 1.86 bits per heavy atom. The van der Waals surface area contributed by atoms with Crippen LogP contribution in [0.5, 0.6) is 0 Å². The van der Waals surface area contributed by atoms with Crippen LogP contribution in [-0.2, 0) is 0 Å².